The van der Waals surface area contributed by atoms with Gasteiger partial charge in [0.2, 0.25) is 6.35 Å². The summed E-state index contributed by atoms with van der Waals surface area (Å²) >= 11 is 0. The van der Waals surface area contributed by atoms with Gasteiger partial charge in [-0.2, -0.15) is 0 Å². The Morgan fingerprint density at radius 1 is 1.29 bits per heavy atom. The number of ether oxygens (including phenoxy) is 1. The fourth-order valence-electron chi connectivity index (χ4n) is 1.77. The number of nitrogens with one attached hydrogen (secondary N) is 2. The number of benzene rings is 1. The summed E-state index contributed by atoms with van der Waals surface area (Å²) in [6.45, 7) is 2.27. The van der Waals surface area contributed by atoms with Crippen LogP contribution in [0, 0.1) is 6.92 Å². The molecule has 7 heteroatoms. The van der Waals surface area contributed by atoms with E-state index >= 15 is 0 Å². The van der Waals surface area contributed by atoms with E-state index in [0.717, 1.165) is 11.3 Å². The average Bonchev–Trinajstić information content (AvgIpc) is 2.50. The molecule has 1 aromatic carbocycles. The van der Waals surface area contributed by atoms with Crippen molar-refractivity contribution in [2.24, 2.45) is 5.73 Å². The van der Waals surface area contributed by atoms with Crippen LogP contribution in [0.3, 0.4) is 0 Å². The van der Waals surface area contributed by atoms with Crippen LogP contribution in [0.1, 0.15) is 11.3 Å². The van der Waals surface area contributed by atoms with Crippen molar-refractivity contribution in [3.63, 3.8) is 0 Å². The molecular formula is C14H19N5O2. The summed E-state index contributed by atoms with van der Waals surface area (Å²) in [7, 11) is 1.56. The quantitative estimate of drug-likeness (QED) is 0.589. The maximum atomic E-state index is 10.0. The Bertz CT molecular complexity index is 588. The minimum Gasteiger partial charge on any atom is -0.495 e. The third-order valence-electron chi connectivity index (χ3n) is 2.86. The SMILES string of the molecule is COc1cc(CN)ccc1NC(O)Nc1cnc(C)cn1. The lowest BCUT2D eigenvalue weighted by molar-refractivity contribution is 0.231. The molecule has 0 fully saturated rings. The van der Waals surface area contributed by atoms with Crippen molar-refractivity contribution in [3.8, 4) is 5.75 Å². The van der Waals surface area contributed by atoms with E-state index in [-0.39, 0.29) is 0 Å². The van der Waals surface area contributed by atoms with E-state index in [9.17, 15) is 5.11 Å². The Morgan fingerprint density at radius 2 is 2.10 bits per heavy atom. The van der Waals surface area contributed by atoms with Gasteiger partial charge in [0.25, 0.3) is 0 Å². The summed E-state index contributed by atoms with van der Waals surface area (Å²) in [6, 6.07) is 5.48. The van der Waals surface area contributed by atoms with Gasteiger partial charge in [-0.1, -0.05) is 6.07 Å². The molecule has 1 heterocycles. The van der Waals surface area contributed by atoms with Gasteiger partial charge in [0.1, 0.15) is 11.6 Å². The van der Waals surface area contributed by atoms with E-state index in [1.807, 2.05) is 19.1 Å². The summed E-state index contributed by atoms with van der Waals surface area (Å²) in [6.07, 6.45) is 2.14. The molecule has 2 aromatic rings. The molecule has 0 bridgehead atoms. The second-order valence-corrected chi connectivity index (χ2v) is 4.47. The summed E-state index contributed by atoms with van der Waals surface area (Å²) in [5, 5.41) is 15.7. The molecule has 2 rings (SSSR count). The normalized spacial score (nSPS) is 11.8. The monoisotopic (exact) mass is 289 g/mol. The summed E-state index contributed by atoms with van der Waals surface area (Å²) in [5.41, 5.74) is 7.99. The Balaban J connectivity index is 2.05. The minimum absolute atomic E-state index is 0.427. The minimum atomic E-state index is -1.03. The number of methoxy groups -OCH3 is 1. The maximum Gasteiger partial charge on any atom is 0.204 e. The average molecular weight is 289 g/mol. The maximum absolute atomic E-state index is 10.0. The highest BCUT2D eigenvalue weighted by Crippen LogP contribution is 2.25. The molecule has 0 aliphatic rings. The number of nitrogens with zero attached hydrogens (tertiary/aromatic N) is 2. The zero-order valence-electron chi connectivity index (χ0n) is 12.0. The first-order chi connectivity index (χ1) is 10.1. The van der Waals surface area contributed by atoms with Gasteiger partial charge in [0, 0.05) is 6.54 Å². The lowest BCUT2D eigenvalue weighted by Gasteiger charge is -2.18. The molecule has 0 amide bonds. The van der Waals surface area contributed by atoms with Gasteiger partial charge in [-0.05, 0) is 24.6 Å². The Kier molecular flexibility index (Phi) is 4.91. The van der Waals surface area contributed by atoms with E-state index in [2.05, 4.69) is 20.6 Å². The fourth-order valence-corrected chi connectivity index (χ4v) is 1.77. The zero-order chi connectivity index (χ0) is 15.2. The fraction of sp³-hybridized carbons (Fsp3) is 0.286. The van der Waals surface area contributed by atoms with Crippen LogP contribution in [0.4, 0.5) is 11.5 Å². The highest BCUT2D eigenvalue weighted by atomic mass is 16.5. The predicted octanol–water partition coefficient (Wildman–Crippen LogP) is 1.05. The molecule has 0 aliphatic carbocycles. The van der Waals surface area contributed by atoms with E-state index in [1.54, 1.807) is 25.6 Å². The number of aryl methyl sites for hydroxylation is 1. The predicted molar refractivity (Wildman–Crippen MR) is 80.9 cm³/mol. The zero-order valence-corrected chi connectivity index (χ0v) is 12.0. The van der Waals surface area contributed by atoms with Crippen LogP contribution in [-0.2, 0) is 6.54 Å². The molecule has 21 heavy (non-hydrogen) atoms. The Morgan fingerprint density at radius 3 is 2.71 bits per heavy atom. The molecule has 0 radical (unpaired) electrons. The van der Waals surface area contributed by atoms with Crippen LogP contribution in [0.15, 0.2) is 30.6 Å². The number of hydrogen-bond acceptors (Lipinski definition) is 7. The molecular weight excluding hydrogens is 270 g/mol. The van der Waals surface area contributed by atoms with Crippen LogP contribution >= 0.6 is 0 Å². The first kappa shape index (κ1) is 15.0. The van der Waals surface area contributed by atoms with Gasteiger partial charge in [-0.15, -0.1) is 0 Å². The van der Waals surface area contributed by atoms with E-state index in [4.69, 9.17) is 10.5 Å². The highest BCUT2D eigenvalue weighted by molar-refractivity contribution is 5.58. The lowest BCUT2D eigenvalue weighted by Crippen LogP contribution is -2.28. The molecule has 112 valence electrons. The van der Waals surface area contributed by atoms with Crippen molar-refractivity contribution >= 4 is 11.5 Å². The van der Waals surface area contributed by atoms with E-state index < -0.39 is 6.35 Å². The molecule has 1 unspecified atom stereocenters. The second kappa shape index (κ2) is 6.87. The van der Waals surface area contributed by atoms with Gasteiger partial charge >= 0.3 is 0 Å². The number of nitrogens with two attached hydrogens (primary N) is 1. The number of aliphatic hydroxyl groups excluding tert-OH is 1. The van der Waals surface area contributed by atoms with Crippen LogP contribution in [0.5, 0.6) is 5.75 Å². The Labute approximate surface area is 123 Å². The summed E-state index contributed by atoms with van der Waals surface area (Å²) in [5.74, 6) is 1.08. The first-order valence-corrected chi connectivity index (χ1v) is 6.49. The molecule has 0 spiro atoms. The first-order valence-electron chi connectivity index (χ1n) is 6.49. The topological polar surface area (TPSA) is 105 Å². The molecule has 1 atom stereocenters. The van der Waals surface area contributed by atoms with Gasteiger partial charge in [-0.3, -0.25) is 4.98 Å². The van der Waals surface area contributed by atoms with Gasteiger partial charge in [0.05, 0.1) is 30.9 Å². The number of hydrogen-bond donors (Lipinski definition) is 4. The number of rotatable bonds is 6. The third kappa shape index (κ3) is 4.04. The lowest BCUT2D eigenvalue weighted by atomic mass is 10.2. The smallest absolute Gasteiger partial charge is 0.204 e. The van der Waals surface area contributed by atoms with Crippen molar-refractivity contribution in [3.05, 3.63) is 41.9 Å². The molecule has 0 aliphatic heterocycles. The largest absolute Gasteiger partial charge is 0.495 e. The van der Waals surface area contributed by atoms with Crippen LogP contribution < -0.4 is 21.1 Å². The van der Waals surface area contributed by atoms with Crippen LogP contribution in [-0.4, -0.2) is 28.5 Å². The Hall–Kier alpha value is -2.38. The number of anilines is 2. The highest BCUT2D eigenvalue weighted by Gasteiger charge is 2.09. The van der Waals surface area contributed by atoms with Crippen molar-refractivity contribution in [2.75, 3.05) is 17.7 Å². The summed E-state index contributed by atoms with van der Waals surface area (Å²) < 4.78 is 5.27. The third-order valence-corrected chi connectivity index (χ3v) is 2.86. The van der Waals surface area contributed by atoms with Crippen molar-refractivity contribution in [1.29, 1.82) is 0 Å². The standard InChI is InChI=1S/C14H19N5O2/c1-9-7-17-13(8-16-9)19-14(20)18-11-4-3-10(6-15)5-12(11)21-2/h3-5,7-8,14,18,20H,6,15H2,1-2H3,(H,17,19). The van der Waals surface area contributed by atoms with E-state index in [1.165, 1.54) is 0 Å². The number of aliphatic hydroxyl groups is 1. The van der Waals surface area contributed by atoms with E-state index in [0.29, 0.717) is 23.8 Å². The van der Waals surface area contributed by atoms with Crippen LogP contribution in [0.2, 0.25) is 0 Å². The summed E-state index contributed by atoms with van der Waals surface area (Å²) in [4.78, 5) is 8.20. The van der Waals surface area contributed by atoms with Crippen molar-refractivity contribution in [2.45, 2.75) is 19.8 Å². The van der Waals surface area contributed by atoms with Gasteiger partial charge in [-0.25, -0.2) is 4.98 Å². The molecule has 0 saturated carbocycles. The molecule has 7 nitrogen and oxygen atoms in total. The second-order valence-electron chi connectivity index (χ2n) is 4.47. The molecule has 5 N–H and O–H groups in total. The molecule has 1 aromatic heterocycles. The van der Waals surface area contributed by atoms with Crippen molar-refractivity contribution < 1.29 is 9.84 Å². The van der Waals surface area contributed by atoms with Crippen LogP contribution in [0.25, 0.3) is 0 Å². The number of aromatic nitrogens is 2. The van der Waals surface area contributed by atoms with Gasteiger partial charge in [0.15, 0.2) is 0 Å². The van der Waals surface area contributed by atoms with Crippen molar-refractivity contribution in [1.82, 2.24) is 9.97 Å². The van der Waals surface area contributed by atoms with Gasteiger partial charge < -0.3 is 26.2 Å². The molecule has 0 saturated heterocycles.